The molecule has 21 heavy (non-hydrogen) atoms. The van der Waals surface area contributed by atoms with E-state index < -0.39 is 14.6 Å². The van der Waals surface area contributed by atoms with Gasteiger partial charge in [0.15, 0.2) is 9.84 Å². The van der Waals surface area contributed by atoms with E-state index in [1.54, 1.807) is 13.8 Å². The maximum Gasteiger partial charge on any atom is 0.154 e. The molecule has 1 atom stereocenters. The summed E-state index contributed by atoms with van der Waals surface area (Å²) in [6.45, 7) is 11.3. The standard InChI is InChI=1S/C15H29N3O2S/c1-7-12-10-13(18(9-3)17-12)11-14(16-8-2)15(4,5)21(6,19)20/h10,14,16H,7-9,11H2,1-6H3. The van der Waals surface area contributed by atoms with Crippen molar-refractivity contribution < 1.29 is 8.42 Å². The van der Waals surface area contributed by atoms with Gasteiger partial charge in [-0.3, -0.25) is 4.68 Å². The summed E-state index contributed by atoms with van der Waals surface area (Å²) in [6, 6.07) is 1.95. The lowest BCUT2D eigenvalue weighted by molar-refractivity contribution is 0.404. The second-order valence-electron chi connectivity index (χ2n) is 5.99. The van der Waals surface area contributed by atoms with Crippen LogP contribution in [0, 0.1) is 0 Å². The Morgan fingerprint density at radius 2 is 1.95 bits per heavy atom. The smallest absolute Gasteiger partial charge is 0.154 e. The molecule has 0 radical (unpaired) electrons. The number of rotatable bonds is 8. The van der Waals surface area contributed by atoms with Crippen molar-refractivity contribution in [2.45, 2.75) is 64.8 Å². The van der Waals surface area contributed by atoms with E-state index in [2.05, 4.69) is 30.3 Å². The van der Waals surface area contributed by atoms with Gasteiger partial charge in [0, 0.05) is 31.0 Å². The van der Waals surface area contributed by atoms with Gasteiger partial charge in [0.25, 0.3) is 0 Å². The Morgan fingerprint density at radius 1 is 1.33 bits per heavy atom. The molecule has 1 heterocycles. The van der Waals surface area contributed by atoms with Crippen molar-refractivity contribution in [3.05, 3.63) is 17.5 Å². The zero-order valence-electron chi connectivity index (χ0n) is 14.1. The normalized spacial score (nSPS) is 14.4. The van der Waals surface area contributed by atoms with Crippen LogP contribution >= 0.6 is 0 Å². The highest BCUT2D eigenvalue weighted by molar-refractivity contribution is 7.92. The number of nitrogens with zero attached hydrogens (tertiary/aromatic N) is 2. The van der Waals surface area contributed by atoms with E-state index in [0.717, 1.165) is 30.9 Å². The number of hydrogen-bond donors (Lipinski definition) is 1. The third-order valence-corrected chi connectivity index (χ3v) is 6.43. The zero-order valence-corrected chi connectivity index (χ0v) is 14.9. The molecule has 5 nitrogen and oxygen atoms in total. The van der Waals surface area contributed by atoms with Gasteiger partial charge in [-0.15, -0.1) is 0 Å². The number of nitrogens with one attached hydrogen (secondary N) is 1. The molecule has 0 saturated carbocycles. The van der Waals surface area contributed by atoms with E-state index in [1.807, 2.05) is 11.6 Å². The summed E-state index contributed by atoms with van der Waals surface area (Å²) in [6.07, 6.45) is 2.86. The van der Waals surface area contributed by atoms with Crippen molar-refractivity contribution in [2.24, 2.45) is 0 Å². The Bertz CT molecular complexity index is 561. The highest BCUT2D eigenvalue weighted by atomic mass is 32.2. The average molecular weight is 315 g/mol. The fraction of sp³-hybridized carbons (Fsp3) is 0.800. The third-order valence-electron chi connectivity index (χ3n) is 4.23. The van der Waals surface area contributed by atoms with E-state index >= 15 is 0 Å². The van der Waals surface area contributed by atoms with Crippen LogP contribution in [0.4, 0.5) is 0 Å². The first kappa shape index (κ1) is 18.2. The van der Waals surface area contributed by atoms with Crippen molar-refractivity contribution in [1.29, 1.82) is 0 Å². The quantitative estimate of drug-likeness (QED) is 0.794. The van der Waals surface area contributed by atoms with Crippen LogP contribution in [0.15, 0.2) is 6.07 Å². The summed E-state index contributed by atoms with van der Waals surface area (Å²) in [5.41, 5.74) is 2.15. The SMILES string of the molecule is CCNC(Cc1cc(CC)nn1CC)C(C)(C)S(C)(=O)=O. The number of aryl methyl sites for hydroxylation is 2. The first-order valence-electron chi connectivity index (χ1n) is 7.65. The summed E-state index contributed by atoms with van der Waals surface area (Å²) in [4.78, 5) is 0. The van der Waals surface area contributed by atoms with Crippen LogP contribution < -0.4 is 5.32 Å². The molecule has 0 aromatic carbocycles. The van der Waals surface area contributed by atoms with E-state index in [-0.39, 0.29) is 6.04 Å². The molecular formula is C15H29N3O2S. The Balaban J connectivity index is 3.12. The van der Waals surface area contributed by atoms with E-state index in [1.165, 1.54) is 6.26 Å². The molecule has 0 bridgehead atoms. The fourth-order valence-electron chi connectivity index (χ4n) is 2.40. The third kappa shape index (κ3) is 4.07. The van der Waals surface area contributed by atoms with Gasteiger partial charge in [-0.2, -0.15) is 5.10 Å². The number of aromatic nitrogens is 2. The van der Waals surface area contributed by atoms with Gasteiger partial charge in [0.1, 0.15) is 0 Å². The minimum Gasteiger partial charge on any atom is -0.312 e. The van der Waals surface area contributed by atoms with Gasteiger partial charge in [-0.25, -0.2) is 8.42 Å². The minimum atomic E-state index is -3.15. The molecule has 122 valence electrons. The summed E-state index contributed by atoms with van der Waals surface area (Å²) < 4.78 is 25.4. The number of sulfone groups is 1. The van der Waals surface area contributed by atoms with Gasteiger partial charge in [0.05, 0.1) is 10.4 Å². The summed E-state index contributed by atoms with van der Waals surface area (Å²) in [5.74, 6) is 0. The van der Waals surface area contributed by atoms with Crippen molar-refractivity contribution in [2.75, 3.05) is 12.8 Å². The molecule has 1 aromatic heterocycles. The Morgan fingerprint density at radius 3 is 2.38 bits per heavy atom. The molecular weight excluding hydrogens is 286 g/mol. The van der Waals surface area contributed by atoms with Gasteiger partial charge in [-0.05, 0) is 39.8 Å². The second kappa shape index (κ2) is 6.92. The summed E-state index contributed by atoms with van der Waals surface area (Å²) >= 11 is 0. The topological polar surface area (TPSA) is 64.0 Å². The van der Waals surface area contributed by atoms with Crippen LogP contribution in [-0.4, -0.2) is 41.8 Å². The van der Waals surface area contributed by atoms with Crippen LogP contribution in [0.5, 0.6) is 0 Å². The Labute approximate surface area is 129 Å². The predicted octanol–water partition coefficient (Wildman–Crippen LogP) is 1.81. The van der Waals surface area contributed by atoms with Crippen LogP contribution in [0.1, 0.15) is 46.0 Å². The minimum absolute atomic E-state index is 0.135. The summed E-state index contributed by atoms with van der Waals surface area (Å²) in [7, 11) is -3.15. The second-order valence-corrected chi connectivity index (χ2v) is 8.58. The molecule has 0 aliphatic heterocycles. The highest BCUT2D eigenvalue weighted by Gasteiger charge is 2.39. The van der Waals surface area contributed by atoms with Crippen molar-refractivity contribution in [1.82, 2.24) is 15.1 Å². The lowest BCUT2D eigenvalue weighted by Gasteiger charge is -2.33. The molecule has 0 fully saturated rings. The summed E-state index contributed by atoms with van der Waals surface area (Å²) in [5, 5.41) is 7.88. The monoisotopic (exact) mass is 315 g/mol. The van der Waals surface area contributed by atoms with Crippen LogP contribution in [0.3, 0.4) is 0 Å². The highest BCUT2D eigenvalue weighted by Crippen LogP contribution is 2.23. The fourth-order valence-corrected chi connectivity index (χ4v) is 3.09. The lowest BCUT2D eigenvalue weighted by atomic mass is 9.97. The molecule has 1 rings (SSSR count). The van der Waals surface area contributed by atoms with Crippen molar-refractivity contribution in [3.63, 3.8) is 0 Å². The van der Waals surface area contributed by atoms with Crippen LogP contribution in [0.2, 0.25) is 0 Å². The average Bonchev–Trinajstić information content (AvgIpc) is 2.79. The van der Waals surface area contributed by atoms with E-state index in [9.17, 15) is 8.42 Å². The molecule has 0 aliphatic rings. The molecule has 6 heteroatoms. The van der Waals surface area contributed by atoms with Crippen molar-refractivity contribution >= 4 is 9.84 Å². The first-order chi connectivity index (χ1) is 9.67. The van der Waals surface area contributed by atoms with Crippen LogP contribution in [-0.2, 0) is 29.2 Å². The number of hydrogen-bond acceptors (Lipinski definition) is 4. The maximum atomic E-state index is 12.1. The van der Waals surface area contributed by atoms with Crippen LogP contribution in [0.25, 0.3) is 0 Å². The molecule has 0 saturated heterocycles. The van der Waals surface area contributed by atoms with Gasteiger partial charge < -0.3 is 5.32 Å². The van der Waals surface area contributed by atoms with Gasteiger partial charge in [0.2, 0.25) is 0 Å². The Hall–Kier alpha value is -0.880. The van der Waals surface area contributed by atoms with E-state index in [4.69, 9.17) is 0 Å². The largest absolute Gasteiger partial charge is 0.312 e. The van der Waals surface area contributed by atoms with Gasteiger partial charge >= 0.3 is 0 Å². The molecule has 1 aromatic rings. The molecule has 1 N–H and O–H groups in total. The Kier molecular flexibility index (Phi) is 5.99. The zero-order chi connectivity index (χ0) is 16.3. The maximum absolute atomic E-state index is 12.1. The van der Waals surface area contributed by atoms with E-state index in [0.29, 0.717) is 6.42 Å². The van der Waals surface area contributed by atoms with Crippen molar-refractivity contribution in [3.8, 4) is 0 Å². The predicted molar refractivity (Wildman–Crippen MR) is 87.4 cm³/mol. The molecule has 0 aliphatic carbocycles. The molecule has 1 unspecified atom stereocenters. The first-order valence-corrected chi connectivity index (χ1v) is 9.55. The lowest BCUT2D eigenvalue weighted by Crippen LogP contribution is -2.52. The van der Waals surface area contributed by atoms with Gasteiger partial charge in [-0.1, -0.05) is 13.8 Å². The number of likely N-dealkylation sites (N-methyl/N-ethyl adjacent to an activating group) is 1. The molecule has 0 amide bonds. The molecule has 0 spiro atoms.